The van der Waals surface area contributed by atoms with Crippen molar-refractivity contribution < 1.29 is 36.6 Å². The third kappa shape index (κ3) is 7.88. The van der Waals surface area contributed by atoms with E-state index in [-0.39, 0.29) is 33.8 Å². The number of aryl methyl sites for hydroxylation is 3. The lowest BCUT2D eigenvalue weighted by Crippen LogP contribution is -2.69. The number of hydrazone groups is 2. The lowest BCUT2D eigenvalue weighted by molar-refractivity contribution is -0.227. The molecule has 6 heterocycles. The van der Waals surface area contributed by atoms with Crippen LogP contribution in [0.3, 0.4) is 0 Å². The Balaban J connectivity index is 0.000000151. The van der Waals surface area contributed by atoms with Gasteiger partial charge in [-0.25, -0.2) is 47.5 Å². The average molecular weight is 943 g/mol. The van der Waals surface area contributed by atoms with Gasteiger partial charge in [-0.05, 0) is 80.8 Å². The van der Waals surface area contributed by atoms with E-state index < -0.39 is 46.2 Å². The Morgan fingerprint density at radius 1 is 0.609 bits per heavy atom. The van der Waals surface area contributed by atoms with E-state index in [4.69, 9.17) is 9.47 Å². The second-order valence-electron chi connectivity index (χ2n) is 19.7. The molecule has 2 aromatic carbocycles. The minimum atomic E-state index is -0.660. The molecule has 8 aliphatic rings. The van der Waals surface area contributed by atoms with Crippen molar-refractivity contribution in [2.45, 2.75) is 70.4 Å². The fourth-order valence-corrected chi connectivity index (χ4v) is 11.3. The standard InChI is InChI=1S/C25H24F2N6O2.C24H22F2N6O2/c1-15-5-19(27)17(6-18(15)26)21-3-4-30-33(21)23(34)25-11-24(12-25,13-25)14-35-22-9-28-20(8-29-22)16-7-31-32(2)10-16;1-31-10-16(7-30-31)19-8-28-21(9-27-19)34-14-23-11-24(12-23,13-23)22(33)32-20(2-3-29-32)15-4-17(25)6-18(26)5-15/h4-10,21H,3,11-14H2,1-2H3;3-10,20H,2,11-14H2,1H3. The maximum absolute atomic E-state index is 14.6. The van der Waals surface area contributed by atoms with Crippen LogP contribution in [-0.2, 0) is 23.7 Å². The van der Waals surface area contributed by atoms with Crippen molar-refractivity contribution in [1.29, 1.82) is 0 Å². The van der Waals surface area contributed by atoms with E-state index in [2.05, 4.69) is 40.3 Å². The maximum Gasteiger partial charge on any atom is 0.249 e. The van der Waals surface area contributed by atoms with Crippen LogP contribution in [0.5, 0.6) is 11.8 Å². The van der Waals surface area contributed by atoms with E-state index in [9.17, 15) is 27.2 Å². The quantitative estimate of drug-likeness (QED) is 0.111. The van der Waals surface area contributed by atoms with Crippen molar-refractivity contribution in [2.24, 2.45) is 46.0 Å². The van der Waals surface area contributed by atoms with Crippen LogP contribution in [0.15, 0.2) is 90.1 Å². The summed E-state index contributed by atoms with van der Waals surface area (Å²) in [7, 11) is 3.68. The Kier molecular flexibility index (Phi) is 10.5. The summed E-state index contributed by atoms with van der Waals surface area (Å²) in [5.41, 5.74) is 2.92. The van der Waals surface area contributed by atoms with Crippen LogP contribution in [0.2, 0.25) is 0 Å². The molecule has 6 aromatic rings. The minimum absolute atomic E-state index is 0.0523. The van der Waals surface area contributed by atoms with E-state index in [0.29, 0.717) is 87.6 Å². The molecule has 0 radical (unpaired) electrons. The molecule has 20 heteroatoms. The van der Waals surface area contributed by atoms with Crippen LogP contribution in [0.4, 0.5) is 17.6 Å². The first-order chi connectivity index (χ1) is 33.1. The molecule has 16 nitrogen and oxygen atoms in total. The monoisotopic (exact) mass is 942 g/mol. The number of hydrogen-bond acceptors (Lipinski definition) is 12. The summed E-state index contributed by atoms with van der Waals surface area (Å²) in [5.74, 6) is -1.66. The van der Waals surface area contributed by atoms with Gasteiger partial charge in [-0.15, -0.1) is 0 Å². The molecule has 354 valence electrons. The smallest absolute Gasteiger partial charge is 0.249 e. The van der Waals surface area contributed by atoms with Gasteiger partial charge in [0.25, 0.3) is 0 Å². The van der Waals surface area contributed by atoms with Crippen LogP contribution in [-0.4, -0.2) is 87.0 Å². The van der Waals surface area contributed by atoms with Crippen molar-refractivity contribution in [3.8, 4) is 34.3 Å². The third-order valence-corrected chi connectivity index (χ3v) is 14.5. The fraction of sp³-hybridized carbons (Fsp3) is 0.388. The zero-order valence-electron chi connectivity index (χ0n) is 37.9. The Bertz CT molecular complexity index is 3010. The summed E-state index contributed by atoms with van der Waals surface area (Å²) in [6.45, 7) is 2.43. The number of amides is 2. The van der Waals surface area contributed by atoms with Crippen LogP contribution >= 0.6 is 0 Å². The topological polar surface area (TPSA) is 171 Å². The molecule has 4 bridgehead atoms. The molecular formula is C49H46F4N12O4. The van der Waals surface area contributed by atoms with E-state index >= 15 is 0 Å². The van der Waals surface area contributed by atoms with Crippen LogP contribution in [0, 0.1) is 51.9 Å². The number of nitrogens with zero attached hydrogens (tertiary/aromatic N) is 12. The second kappa shape index (κ2) is 16.4. The number of carbonyl (C=O) groups excluding carboxylic acids is 2. The molecule has 2 unspecified atom stereocenters. The van der Waals surface area contributed by atoms with Gasteiger partial charge in [0.2, 0.25) is 23.6 Å². The zero-order valence-corrected chi connectivity index (χ0v) is 37.9. The van der Waals surface area contributed by atoms with Gasteiger partial charge >= 0.3 is 0 Å². The number of ether oxygens (including phenoxy) is 2. The van der Waals surface area contributed by atoms with Gasteiger partial charge < -0.3 is 9.47 Å². The molecule has 2 aliphatic heterocycles. The molecule has 14 rings (SSSR count). The van der Waals surface area contributed by atoms with Gasteiger partial charge in [0.1, 0.15) is 23.3 Å². The SMILES string of the molecule is Cc1cc(F)c(C2CC=NN2C(=O)C23CC(COc4cnc(-c5cnn(C)c5)cn4)(C2)C3)cc1F.Cn1cc(-c2cnc(OCC34CC(C(=O)N5N=CCC5c5cc(F)cc(F)c5)(C3)C4)cn2)cn1. The molecule has 0 spiro atoms. The van der Waals surface area contributed by atoms with Gasteiger partial charge in [0.15, 0.2) is 0 Å². The first kappa shape index (κ1) is 44.1. The third-order valence-electron chi connectivity index (χ3n) is 14.5. The Morgan fingerprint density at radius 2 is 1.09 bits per heavy atom. The lowest BCUT2D eigenvalue weighted by atomic mass is 9.35. The highest BCUT2D eigenvalue weighted by molar-refractivity contribution is 5.89. The lowest BCUT2D eigenvalue weighted by Gasteiger charge is -2.69. The van der Waals surface area contributed by atoms with E-state index in [1.807, 2.05) is 26.5 Å². The molecular weight excluding hydrogens is 897 g/mol. The van der Waals surface area contributed by atoms with Crippen LogP contribution in [0.1, 0.15) is 80.1 Å². The average Bonchev–Trinajstić information content (AvgIpc) is 4.12. The van der Waals surface area contributed by atoms with E-state index in [0.717, 1.165) is 22.9 Å². The molecule has 0 saturated heterocycles. The van der Waals surface area contributed by atoms with Crippen molar-refractivity contribution >= 4 is 24.2 Å². The second-order valence-corrected chi connectivity index (χ2v) is 19.7. The van der Waals surface area contributed by atoms with Crippen molar-refractivity contribution in [2.75, 3.05) is 13.2 Å². The molecule has 69 heavy (non-hydrogen) atoms. The number of rotatable bonds is 12. The highest BCUT2D eigenvalue weighted by Gasteiger charge is 2.74. The highest BCUT2D eigenvalue weighted by atomic mass is 19.1. The van der Waals surface area contributed by atoms with Gasteiger partial charge in [0, 0.05) is 85.3 Å². The number of hydrogen-bond donors (Lipinski definition) is 0. The van der Waals surface area contributed by atoms with Gasteiger partial charge in [-0.2, -0.15) is 20.4 Å². The number of aromatic nitrogens is 8. The van der Waals surface area contributed by atoms with Crippen molar-refractivity contribution in [3.63, 3.8) is 0 Å². The maximum atomic E-state index is 14.6. The van der Waals surface area contributed by atoms with Crippen LogP contribution < -0.4 is 9.47 Å². The summed E-state index contributed by atoms with van der Waals surface area (Å²) in [4.78, 5) is 44.1. The number of carbonyl (C=O) groups is 2. The fourth-order valence-electron chi connectivity index (χ4n) is 11.3. The van der Waals surface area contributed by atoms with Crippen molar-refractivity contribution in [3.05, 3.63) is 120 Å². The molecule has 2 atom stereocenters. The molecule has 2 amide bonds. The highest BCUT2D eigenvalue weighted by Crippen LogP contribution is 2.75. The summed E-state index contributed by atoms with van der Waals surface area (Å²) >= 11 is 0. The molecule has 6 saturated carbocycles. The number of benzene rings is 2. The Morgan fingerprint density at radius 3 is 1.54 bits per heavy atom. The summed E-state index contributed by atoms with van der Waals surface area (Å²) < 4.78 is 71.3. The predicted octanol–water partition coefficient (Wildman–Crippen LogP) is 7.64. The van der Waals surface area contributed by atoms with E-state index in [1.165, 1.54) is 41.2 Å². The molecule has 0 N–H and O–H groups in total. The summed E-state index contributed by atoms with van der Waals surface area (Å²) in [6.07, 6.45) is 21.9. The Hall–Kier alpha value is -7.38. The Labute approximate surface area is 393 Å². The molecule has 4 aromatic heterocycles. The minimum Gasteiger partial charge on any atom is -0.476 e. The molecule has 6 fully saturated rings. The normalized spacial score (nSPS) is 26.6. The first-order valence-electron chi connectivity index (χ1n) is 22.6. The predicted molar refractivity (Wildman–Crippen MR) is 240 cm³/mol. The number of halogens is 4. The summed E-state index contributed by atoms with van der Waals surface area (Å²) in [5, 5.41) is 19.5. The van der Waals surface area contributed by atoms with Gasteiger partial charge in [-0.3, -0.25) is 19.0 Å². The largest absolute Gasteiger partial charge is 0.476 e. The van der Waals surface area contributed by atoms with E-state index in [1.54, 1.807) is 59.0 Å². The van der Waals surface area contributed by atoms with Gasteiger partial charge in [-0.1, -0.05) is 0 Å². The van der Waals surface area contributed by atoms with Gasteiger partial charge in [0.05, 0.1) is 84.7 Å². The summed E-state index contributed by atoms with van der Waals surface area (Å²) in [6, 6.07) is 4.61. The molecule has 6 aliphatic carbocycles. The van der Waals surface area contributed by atoms with Crippen molar-refractivity contribution in [1.82, 2.24) is 49.5 Å². The zero-order chi connectivity index (χ0) is 47.9. The van der Waals surface area contributed by atoms with Crippen LogP contribution in [0.25, 0.3) is 22.5 Å². The first-order valence-corrected chi connectivity index (χ1v) is 22.6.